The van der Waals surface area contributed by atoms with Crippen LogP contribution in [0.15, 0.2) is 42.6 Å². The summed E-state index contributed by atoms with van der Waals surface area (Å²) < 4.78 is 46.2. The summed E-state index contributed by atoms with van der Waals surface area (Å²) >= 11 is 0. The van der Waals surface area contributed by atoms with Gasteiger partial charge in [0.25, 0.3) is 6.43 Å². The monoisotopic (exact) mass is 499 g/mol. The van der Waals surface area contributed by atoms with E-state index in [-0.39, 0.29) is 23.4 Å². The molecule has 2 aromatic carbocycles. The predicted molar refractivity (Wildman–Crippen MR) is 131 cm³/mol. The molecule has 2 fully saturated rings. The molecule has 190 valence electrons. The number of anilines is 2. The number of ether oxygens (including phenoxy) is 1. The number of nitrogens with one attached hydrogen (secondary N) is 1. The van der Waals surface area contributed by atoms with Gasteiger partial charge in [-0.05, 0) is 32.0 Å². The number of benzene rings is 2. The Morgan fingerprint density at radius 1 is 1.17 bits per heavy atom. The minimum atomic E-state index is -2.89. The Labute approximate surface area is 207 Å². The van der Waals surface area contributed by atoms with Gasteiger partial charge in [-0.2, -0.15) is 10.2 Å². The number of alkyl halides is 2. The third kappa shape index (κ3) is 4.57. The molecule has 2 aliphatic rings. The first-order valence-corrected chi connectivity index (χ1v) is 12.0. The molecule has 10 heteroatoms. The Morgan fingerprint density at radius 2 is 1.94 bits per heavy atom. The van der Waals surface area contributed by atoms with Crippen LogP contribution in [0.1, 0.15) is 37.4 Å². The van der Waals surface area contributed by atoms with Crippen LogP contribution in [0.25, 0.3) is 10.9 Å². The van der Waals surface area contributed by atoms with Crippen molar-refractivity contribution >= 4 is 28.2 Å². The van der Waals surface area contributed by atoms with E-state index in [4.69, 9.17) is 4.74 Å². The molecule has 3 heterocycles. The van der Waals surface area contributed by atoms with Gasteiger partial charge < -0.3 is 19.9 Å². The fraction of sp³-hybridized carbons (Fsp3) is 0.423. The van der Waals surface area contributed by atoms with Gasteiger partial charge in [-0.1, -0.05) is 18.2 Å². The third-order valence-electron chi connectivity index (χ3n) is 7.02. The maximum absolute atomic E-state index is 14.7. The van der Waals surface area contributed by atoms with Crippen molar-refractivity contribution in [2.75, 3.05) is 43.1 Å². The first-order chi connectivity index (χ1) is 17.3. The highest BCUT2D eigenvalue weighted by Gasteiger charge is 2.35. The number of carbonyl (C=O) groups is 1. The van der Waals surface area contributed by atoms with Gasteiger partial charge in [-0.15, -0.1) is 0 Å². The average molecular weight is 500 g/mol. The van der Waals surface area contributed by atoms with E-state index >= 15 is 0 Å². The fourth-order valence-electron chi connectivity index (χ4n) is 4.87. The van der Waals surface area contributed by atoms with E-state index in [1.54, 1.807) is 13.1 Å². The second kappa shape index (κ2) is 9.93. The molecule has 0 spiro atoms. The van der Waals surface area contributed by atoms with Gasteiger partial charge in [0.2, 0.25) is 5.91 Å². The van der Waals surface area contributed by atoms with Crippen LogP contribution in [0, 0.1) is 11.7 Å². The van der Waals surface area contributed by atoms with E-state index in [1.165, 1.54) is 12.1 Å². The Hall–Kier alpha value is -3.40. The van der Waals surface area contributed by atoms with Crippen molar-refractivity contribution < 1.29 is 22.7 Å². The zero-order valence-electron chi connectivity index (χ0n) is 20.1. The first kappa shape index (κ1) is 24.3. The molecule has 5 rings (SSSR count). The van der Waals surface area contributed by atoms with Crippen molar-refractivity contribution in [3.8, 4) is 0 Å². The van der Waals surface area contributed by atoms with Crippen LogP contribution in [-0.4, -0.2) is 59.9 Å². The normalized spacial score (nSPS) is 19.4. The number of hydrogen-bond donors (Lipinski definition) is 1. The van der Waals surface area contributed by atoms with Crippen molar-refractivity contribution in [3.05, 3.63) is 59.5 Å². The van der Waals surface area contributed by atoms with Crippen LogP contribution in [0.5, 0.6) is 0 Å². The van der Waals surface area contributed by atoms with E-state index < -0.39 is 23.8 Å². The lowest BCUT2D eigenvalue weighted by Crippen LogP contribution is -2.57. The molecule has 36 heavy (non-hydrogen) atoms. The van der Waals surface area contributed by atoms with E-state index in [1.807, 2.05) is 30.0 Å². The van der Waals surface area contributed by atoms with Gasteiger partial charge in [0.05, 0.1) is 48.1 Å². The largest absolute Gasteiger partial charge is 0.380 e. The zero-order chi connectivity index (χ0) is 25.4. The first-order valence-electron chi connectivity index (χ1n) is 12.0. The molecule has 1 amide bonds. The number of hydrogen-bond acceptors (Lipinski definition) is 6. The maximum Gasteiger partial charge on any atom is 0.266 e. The second-order valence-corrected chi connectivity index (χ2v) is 9.44. The van der Waals surface area contributed by atoms with Gasteiger partial charge in [0, 0.05) is 42.3 Å². The summed E-state index contributed by atoms with van der Waals surface area (Å²) in [4.78, 5) is 16.9. The lowest BCUT2D eigenvalue weighted by atomic mass is 10.0. The molecule has 2 saturated heterocycles. The second-order valence-electron chi connectivity index (χ2n) is 9.44. The fourth-order valence-corrected chi connectivity index (χ4v) is 4.87. The van der Waals surface area contributed by atoms with E-state index in [0.717, 1.165) is 17.1 Å². The molecule has 0 unspecified atom stereocenters. The zero-order valence-corrected chi connectivity index (χ0v) is 20.1. The van der Waals surface area contributed by atoms with Crippen molar-refractivity contribution in [2.45, 2.75) is 32.4 Å². The molecule has 0 saturated carbocycles. The summed E-state index contributed by atoms with van der Waals surface area (Å²) in [6.45, 7) is 6.78. The van der Waals surface area contributed by atoms with Crippen molar-refractivity contribution in [1.82, 2.24) is 15.1 Å². The van der Waals surface area contributed by atoms with Gasteiger partial charge in [0.15, 0.2) is 0 Å². The van der Waals surface area contributed by atoms with Crippen molar-refractivity contribution in [2.24, 2.45) is 5.92 Å². The lowest BCUT2D eigenvalue weighted by Gasteiger charge is -2.43. The number of halogens is 3. The number of carbonyl (C=O) groups excluding carboxylic acids is 1. The summed E-state index contributed by atoms with van der Waals surface area (Å²) in [6.07, 6.45) is -1.33. The quantitative estimate of drug-likeness (QED) is 0.536. The van der Waals surface area contributed by atoms with Crippen molar-refractivity contribution in [1.29, 1.82) is 0 Å². The summed E-state index contributed by atoms with van der Waals surface area (Å²) in [6, 6.07) is 9.35. The third-order valence-corrected chi connectivity index (χ3v) is 7.02. The highest BCUT2D eigenvalue weighted by molar-refractivity contribution is 5.93. The van der Waals surface area contributed by atoms with E-state index in [0.29, 0.717) is 44.1 Å². The smallest absolute Gasteiger partial charge is 0.266 e. The van der Waals surface area contributed by atoms with Gasteiger partial charge in [0.1, 0.15) is 5.82 Å². The molecule has 1 aromatic heterocycles. The minimum Gasteiger partial charge on any atom is -0.380 e. The Kier molecular flexibility index (Phi) is 6.70. The van der Waals surface area contributed by atoms with Crippen LogP contribution >= 0.6 is 0 Å². The number of aromatic nitrogens is 2. The molecule has 3 aromatic rings. The number of amides is 1. The number of nitrogens with zero attached hydrogens (tertiary/aromatic N) is 4. The van der Waals surface area contributed by atoms with Gasteiger partial charge in [-0.3, -0.25) is 4.79 Å². The molecule has 2 aliphatic heterocycles. The highest BCUT2D eigenvalue weighted by Crippen LogP contribution is 2.32. The van der Waals surface area contributed by atoms with Gasteiger partial charge >= 0.3 is 0 Å². The number of fused-ring (bicyclic) bond motifs is 1. The van der Waals surface area contributed by atoms with Crippen molar-refractivity contribution in [3.63, 3.8) is 0 Å². The summed E-state index contributed by atoms with van der Waals surface area (Å²) in [7, 11) is 0. The van der Waals surface area contributed by atoms with Crippen LogP contribution in [0.2, 0.25) is 0 Å². The minimum absolute atomic E-state index is 0.0277. The predicted octanol–water partition coefficient (Wildman–Crippen LogP) is 4.56. The summed E-state index contributed by atoms with van der Waals surface area (Å²) in [5.41, 5.74) is 1.80. The van der Waals surface area contributed by atoms with E-state index in [9.17, 15) is 18.0 Å². The van der Waals surface area contributed by atoms with E-state index in [2.05, 4.69) is 20.4 Å². The molecule has 2 atom stereocenters. The summed E-state index contributed by atoms with van der Waals surface area (Å²) in [5.74, 6) is -0.778. The maximum atomic E-state index is 14.7. The van der Waals surface area contributed by atoms with Crippen LogP contribution in [0.4, 0.5) is 24.5 Å². The Bertz CT molecular complexity index is 1270. The van der Waals surface area contributed by atoms with Gasteiger partial charge in [-0.25, -0.2) is 13.2 Å². The molecule has 0 bridgehead atoms. The number of piperazine rings is 1. The van der Waals surface area contributed by atoms with Crippen LogP contribution in [-0.2, 0) is 9.53 Å². The lowest BCUT2D eigenvalue weighted by molar-refractivity contribution is -0.152. The Morgan fingerprint density at radius 3 is 2.64 bits per heavy atom. The van der Waals surface area contributed by atoms with Crippen LogP contribution < -0.4 is 10.2 Å². The highest BCUT2D eigenvalue weighted by atomic mass is 19.3. The molecular weight excluding hydrogens is 471 g/mol. The SMILES string of the molecule is C[C@@H](Nc1cnnc2ccc(N3CCN(C(=O)C4COC4)[C@@H](C)C3)cc12)c1cccc(C(F)F)c1F. The van der Waals surface area contributed by atoms with Crippen LogP contribution in [0.3, 0.4) is 0 Å². The molecule has 0 radical (unpaired) electrons. The molecule has 1 N–H and O–H groups in total. The molecule has 7 nitrogen and oxygen atoms in total. The topological polar surface area (TPSA) is 70.6 Å². The molecular formula is C26H28F3N5O2. The summed E-state index contributed by atoms with van der Waals surface area (Å²) in [5, 5.41) is 12.3. The Balaban J connectivity index is 1.37. The average Bonchev–Trinajstić information content (AvgIpc) is 2.82. The molecule has 0 aliphatic carbocycles. The number of rotatable bonds is 6. The standard InChI is InChI=1S/C26H28F3N5O2/c1-15-12-33(8-9-34(15)26(35)17-13-36-14-17)18-6-7-22-21(10-18)23(11-30-32-22)31-16(2)19-4-3-5-20(24(19)27)25(28)29/h3-7,10-11,15-17,25H,8-9,12-14H2,1-2H3,(H,31,32)/t15-,16+/m0/s1.